The van der Waals surface area contributed by atoms with Crippen LogP contribution in [0.1, 0.15) is 62.4 Å². The lowest BCUT2D eigenvalue weighted by Crippen LogP contribution is -2.26. The molecule has 0 saturated carbocycles. The Morgan fingerprint density at radius 3 is 2.60 bits per heavy atom. The quantitative estimate of drug-likeness (QED) is 0.762. The second-order valence-electron chi connectivity index (χ2n) is 7.59. The first-order valence-corrected chi connectivity index (χ1v) is 8.39. The monoisotopic (exact) mass is 340 g/mol. The van der Waals surface area contributed by atoms with E-state index in [1.165, 1.54) is 0 Å². The van der Waals surface area contributed by atoms with Crippen molar-refractivity contribution in [3.63, 3.8) is 0 Å². The normalized spacial score (nSPS) is 12.1. The SMILES string of the molecule is Cc1[nH]nc2ncc(NC(=O)c3cc(C(C)C)n(C(C)(C)C)n3)cc12. The number of hydrogen-bond acceptors (Lipinski definition) is 4. The molecule has 0 unspecified atom stereocenters. The lowest BCUT2D eigenvalue weighted by molar-refractivity contribution is 0.102. The summed E-state index contributed by atoms with van der Waals surface area (Å²) in [4.78, 5) is 16.9. The van der Waals surface area contributed by atoms with E-state index in [-0.39, 0.29) is 17.4 Å². The number of fused-ring (bicyclic) bond motifs is 1. The molecule has 0 spiro atoms. The van der Waals surface area contributed by atoms with Crippen LogP contribution in [0.25, 0.3) is 11.0 Å². The molecule has 3 heterocycles. The van der Waals surface area contributed by atoms with E-state index in [1.54, 1.807) is 6.20 Å². The topological polar surface area (TPSA) is 88.5 Å². The number of carbonyl (C=O) groups excluding carboxylic acids is 1. The fourth-order valence-corrected chi connectivity index (χ4v) is 2.74. The van der Waals surface area contributed by atoms with Crippen molar-refractivity contribution in [3.05, 3.63) is 35.4 Å². The predicted octanol–water partition coefficient (Wildman–Crippen LogP) is 3.59. The summed E-state index contributed by atoms with van der Waals surface area (Å²) in [7, 11) is 0. The molecule has 0 aliphatic heterocycles. The van der Waals surface area contributed by atoms with Crippen molar-refractivity contribution in [1.29, 1.82) is 0 Å². The Kier molecular flexibility index (Phi) is 4.10. The zero-order valence-corrected chi connectivity index (χ0v) is 15.5. The molecule has 2 N–H and O–H groups in total. The molecule has 0 bridgehead atoms. The van der Waals surface area contributed by atoms with Gasteiger partial charge in [-0.3, -0.25) is 14.6 Å². The summed E-state index contributed by atoms with van der Waals surface area (Å²) in [6.07, 6.45) is 1.60. The van der Waals surface area contributed by atoms with Crippen LogP contribution in [0.15, 0.2) is 18.3 Å². The summed E-state index contributed by atoms with van der Waals surface area (Å²) in [5.41, 5.74) is 3.43. The maximum absolute atomic E-state index is 12.7. The van der Waals surface area contributed by atoms with Crippen molar-refractivity contribution in [3.8, 4) is 0 Å². The molecule has 132 valence electrons. The largest absolute Gasteiger partial charge is 0.319 e. The van der Waals surface area contributed by atoms with E-state index in [2.05, 4.69) is 60.2 Å². The molecule has 3 aromatic heterocycles. The van der Waals surface area contributed by atoms with Crippen molar-refractivity contribution >= 4 is 22.6 Å². The van der Waals surface area contributed by atoms with Crippen LogP contribution in [-0.4, -0.2) is 30.9 Å². The lowest BCUT2D eigenvalue weighted by atomic mass is 10.1. The van der Waals surface area contributed by atoms with Gasteiger partial charge in [0.15, 0.2) is 11.3 Å². The highest BCUT2D eigenvalue weighted by atomic mass is 16.2. The van der Waals surface area contributed by atoms with Crippen LogP contribution in [0, 0.1) is 6.92 Å². The molecule has 3 aromatic rings. The minimum Gasteiger partial charge on any atom is -0.319 e. The van der Waals surface area contributed by atoms with Gasteiger partial charge in [-0.2, -0.15) is 10.2 Å². The number of amides is 1. The number of rotatable bonds is 3. The third-order valence-electron chi connectivity index (χ3n) is 4.05. The summed E-state index contributed by atoms with van der Waals surface area (Å²) in [6, 6.07) is 3.73. The molecule has 25 heavy (non-hydrogen) atoms. The van der Waals surface area contributed by atoms with Gasteiger partial charge in [-0.15, -0.1) is 0 Å². The van der Waals surface area contributed by atoms with Gasteiger partial charge in [0.1, 0.15) is 0 Å². The van der Waals surface area contributed by atoms with Gasteiger partial charge in [0.25, 0.3) is 5.91 Å². The minimum atomic E-state index is -0.243. The molecule has 0 radical (unpaired) electrons. The first-order chi connectivity index (χ1) is 11.7. The number of anilines is 1. The van der Waals surface area contributed by atoms with Gasteiger partial charge in [0.2, 0.25) is 0 Å². The number of carbonyl (C=O) groups is 1. The third kappa shape index (κ3) is 3.26. The highest BCUT2D eigenvalue weighted by Crippen LogP contribution is 2.24. The Hall–Kier alpha value is -2.70. The Bertz CT molecular complexity index is 929. The molecule has 1 amide bonds. The summed E-state index contributed by atoms with van der Waals surface area (Å²) in [6.45, 7) is 12.3. The number of H-pyrrole nitrogens is 1. The second kappa shape index (κ2) is 5.98. The van der Waals surface area contributed by atoms with Crippen LogP contribution in [0.2, 0.25) is 0 Å². The summed E-state index contributed by atoms with van der Waals surface area (Å²) < 4.78 is 1.92. The molecule has 7 heteroatoms. The Balaban J connectivity index is 1.91. The fourth-order valence-electron chi connectivity index (χ4n) is 2.74. The van der Waals surface area contributed by atoms with Crippen LogP contribution in [0.3, 0.4) is 0 Å². The van der Waals surface area contributed by atoms with E-state index >= 15 is 0 Å². The van der Waals surface area contributed by atoms with Crippen molar-refractivity contribution < 1.29 is 4.79 Å². The maximum Gasteiger partial charge on any atom is 0.276 e. The van der Waals surface area contributed by atoms with Crippen molar-refractivity contribution in [2.45, 2.75) is 53.0 Å². The molecule has 0 saturated heterocycles. The molecule has 0 aromatic carbocycles. The molecular weight excluding hydrogens is 316 g/mol. The number of pyridine rings is 1. The van der Waals surface area contributed by atoms with Crippen LogP contribution in [0.5, 0.6) is 0 Å². The minimum absolute atomic E-state index is 0.188. The highest BCUT2D eigenvalue weighted by Gasteiger charge is 2.23. The molecule has 3 rings (SSSR count). The summed E-state index contributed by atoms with van der Waals surface area (Å²) >= 11 is 0. The van der Waals surface area contributed by atoms with Gasteiger partial charge in [-0.05, 0) is 45.7 Å². The number of aromatic nitrogens is 5. The standard InChI is InChI=1S/C18H24N6O/c1-10(2)15-8-14(23-24(15)18(4,5)6)17(25)20-12-7-13-11(3)21-22-16(13)19-9-12/h7-10H,1-6H3,(H,20,25)(H,19,21,22). The lowest BCUT2D eigenvalue weighted by Gasteiger charge is -2.23. The molecule has 0 aliphatic carbocycles. The van der Waals surface area contributed by atoms with Crippen LogP contribution < -0.4 is 5.32 Å². The number of nitrogens with zero attached hydrogens (tertiary/aromatic N) is 4. The van der Waals surface area contributed by atoms with E-state index in [9.17, 15) is 4.79 Å². The summed E-state index contributed by atoms with van der Waals surface area (Å²) in [5.74, 6) is 0.0343. The van der Waals surface area contributed by atoms with Gasteiger partial charge in [0.05, 0.1) is 17.4 Å². The van der Waals surface area contributed by atoms with Gasteiger partial charge < -0.3 is 5.32 Å². The van der Waals surface area contributed by atoms with E-state index in [1.807, 2.05) is 23.7 Å². The zero-order valence-electron chi connectivity index (χ0n) is 15.5. The van der Waals surface area contributed by atoms with Crippen LogP contribution >= 0.6 is 0 Å². The zero-order chi connectivity index (χ0) is 18.4. The molecule has 0 fully saturated rings. The maximum atomic E-state index is 12.7. The number of aryl methyl sites for hydroxylation is 1. The van der Waals surface area contributed by atoms with Gasteiger partial charge >= 0.3 is 0 Å². The third-order valence-corrected chi connectivity index (χ3v) is 4.05. The Morgan fingerprint density at radius 1 is 1.28 bits per heavy atom. The molecule has 0 aliphatic rings. The van der Waals surface area contributed by atoms with Gasteiger partial charge in [0, 0.05) is 16.8 Å². The van der Waals surface area contributed by atoms with E-state index in [0.29, 0.717) is 17.0 Å². The molecule has 7 nitrogen and oxygen atoms in total. The number of hydrogen-bond donors (Lipinski definition) is 2. The first-order valence-electron chi connectivity index (χ1n) is 8.39. The number of nitrogens with one attached hydrogen (secondary N) is 2. The van der Waals surface area contributed by atoms with E-state index < -0.39 is 0 Å². The Labute approximate surface area is 146 Å². The second-order valence-corrected chi connectivity index (χ2v) is 7.59. The summed E-state index contributed by atoms with van der Waals surface area (Å²) in [5, 5.41) is 15.3. The van der Waals surface area contributed by atoms with Gasteiger partial charge in [-0.25, -0.2) is 4.98 Å². The van der Waals surface area contributed by atoms with E-state index in [0.717, 1.165) is 16.8 Å². The highest BCUT2D eigenvalue weighted by molar-refractivity contribution is 6.03. The van der Waals surface area contributed by atoms with Crippen molar-refractivity contribution in [2.24, 2.45) is 0 Å². The van der Waals surface area contributed by atoms with Crippen molar-refractivity contribution in [2.75, 3.05) is 5.32 Å². The van der Waals surface area contributed by atoms with Crippen LogP contribution in [0.4, 0.5) is 5.69 Å². The van der Waals surface area contributed by atoms with Crippen molar-refractivity contribution in [1.82, 2.24) is 25.0 Å². The smallest absolute Gasteiger partial charge is 0.276 e. The van der Waals surface area contributed by atoms with Crippen LogP contribution in [-0.2, 0) is 5.54 Å². The Morgan fingerprint density at radius 2 is 2.00 bits per heavy atom. The van der Waals surface area contributed by atoms with E-state index in [4.69, 9.17) is 0 Å². The molecule has 0 atom stereocenters. The average Bonchev–Trinajstić information content (AvgIpc) is 3.12. The predicted molar refractivity (Wildman–Crippen MR) is 97.9 cm³/mol. The first kappa shape index (κ1) is 17.1. The van der Waals surface area contributed by atoms with Gasteiger partial charge in [-0.1, -0.05) is 13.8 Å². The fraction of sp³-hybridized carbons (Fsp3) is 0.444. The average molecular weight is 340 g/mol. The molecular formula is C18H24N6O. The number of aromatic amines is 1.